The van der Waals surface area contributed by atoms with Crippen LogP contribution in [0.15, 0.2) is 12.2 Å². The first-order chi connectivity index (χ1) is 8.63. The number of allylic oxidation sites excluding steroid dienone is 2. The van der Waals surface area contributed by atoms with Gasteiger partial charge in [0, 0.05) is 20.1 Å². The second-order valence-corrected chi connectivity index (χ2v) is 4.56. The van der Waals surface area contributed by atoms with Crippen LogP contribution >= 0.6 is 0 Å². The topological polar surface area (TPSA) is 75.6 Å². The average molecular weight is 255 g/mol. The maximum atomic E-state index is 11.7. The molecule has 1 amide bonds. The normalized spacial score (nSPS) is 19.7. The smallest absolute Gasteiger partial charge is 0.326 e. The van der Waals surface area contributed by atoms with Gasteiger partial charge in [-0.3, -0.25) is 4.79 Å². The van der Waals surface area contributed by atoms with Crippen molar-refractivity contribution in [3.05, 3.63) is 12.2 Å². The predicted octanol–water partition coefficient (Wildman–Crippen LogP) is 1.34. The van der Waals surface area contributed by atoms with Gasteiger partial charge in [-0.05, 0) is 31.6 Å². The van der Waals surface area contributed by atoms with Crippen LogP contribution in [0.1, 0.15) is 32.1 Å². The zero-order valence-corrected chi connectivity index (χ0v) is 10.7. The quantitative estimate of drug-likeness (QED) is 0.507. The summed E-state index contributed by atoms with van der Waals surface area (Å²) in [6.45, 7) is 0.505. The summed E-state index contributed by atoms with van der Waals surface area (Å²) in [6.07, 6.45) is 7.48. The van der Waals surface area contributed by atoms with E-state index in [0.717, 1.165) is 12.8 Å². The Labute approximate surface area is 107 Å². The molecule has 0 aliphatic heterocycles. The van der Waals surface area contributed by atoms with Gasteiger partial charge in [-0.1, -0.05) is 12.2 Å². The van der Waals surface area contributed by atoms with Crippen molar-refractivity contribution in [1.82, 2.24) is 5.32 Å². The molecule has 0 aromatic rings. The van der Waals surface area contributed by atoms with E-state index in [2.05, 4.69) is 11.4 Å². The van der Waals surface area contributed by atoms with Gasteiger partial charge in [0.25, 0.3) is 0 Å². The Hall–Kier alpha value is -1.36. The number of hydrogen-bond donors (Lipinski definition) is 2. The van der Waals surface area contributed by atoms with E-state index in [0.29, 0.717) is 25.9 Å². The van der Waals surface area contributed by atoms with E-state index >= 15 is 0 Å². The van der Waals surface area contributed by atoms with E-state index in [9.17, 15) is 9.59 Å². The third-order valence-corrected chi connectivity index (χ3v) is 3.03. The van der Waals surface area contributed by atoms with Gasteiger partial charge in [-0.25, -0.2) is 4.79 Å². The second-order valence-electron chi connectivity index (χ2n) is 4.56. The predicted molar refractivity (Wildman–Crippen MR) is 67.2 cm³/mol. The highest BCUT2D eigenvalue weighted by molar-refractivity contribution is 5.83. The minimum Gasteiger partial charge on any atom is -0.480 e. The van der Waals surface area contributed by atoms with Crippen LogP contribution in [0.3, 0.4) is 0 Å². The molecule has 2 unspecified atom stereocenters. The zero-order valence-electron chi connectivity index (χ0n) is 10.7. The van der Waals surface area contributed by atoms with Crippen molar-refractivity contribution in [3.63, 3.8) is 0 Å². The van der Waals surface area contributed by atoms with Gasteiger partial charge < -0.3 is 15.2 Å². The van der Waals surface area contributed by atoms with Crippen LogP contribution in [0.5, 0.6) is 0 Å². The summed E-state index contributed by atoms with van der Waals surface area (Å²) in [6, 6.07) is -0.807. The number of aliphatic carboxylic acids is 1. The van der Waals surface area contributed by atoms with Crippen LogP contribution in [0.4, 0.5) is 0 Å². The SMILES string of the molecule is COCCCC(NC(=O)CC1C=CCC1)C(=O)O. The average Bonchev–Trinajstić information content (AvgIpc) is 2.80. The Kier molecular flexibility index (Phi) is 6.43. The zero-order chi connectivity index (χ0) is 13.4. The molecule has 0 saturated heterocycles. The molecule has 0 aromatic heterocycles. The van der Waals surface area contributed by atoms with E-state index in [1.54, 1.807) is 7.11 Å². The van der Waals surface area contributed by atoms with Crippen molar-refractivity contribution < 1.29 is 19.4 Å². The van der Waals surface area contributed by atoms with Crippen molar-refractivity contribution >= 4 is 11.9 Å². The number of carboxylic acid groups (broad SMARTS) is 1. The van der Waals surface area contributed by atoms with Crippen molar-refractivity contribution in [3.8, 4) is 0 Å². The number of rotatable bonds is 8. The molecule has 0 bridgehead atoms. The summed E-state index contributed by atoms with van der Waals surface area (Å²) in [4.78, 5) is 22.7. The molecule has 5 heteroatoms. The maximum absolute atomic E-state index is 11.7. The number of hydrogen-bond acceptors (Lipinski definition) is 3. The largest absolute Gasteiger partial charge is 0.480 e. The molecule has 0 saturated carbocycles. The van der Waals surface area contributed by atoms with Crippen LogP contribution < -0.4 is 5.32 Å². The maximum Gasteiger partial charge on any atom is 0.326 e. The monoisotopic (exact) mass is 255 g/mol. The molecular formula is C13H21NO4. The first-order valence-electron chi connectivity index (χ1n) is 6.31. The number of carboxylic acids is 1. The number of carbonyl (C=O) groups is 2. The number of amides is 1. The van der Waals surface area contributed by atoms with Crippen LogP contribution in [-0.4, -0.2) is 36.7 Å². The first kappa shape index (κ1) is 14.7. The molecule has 0 spiro atoms. The fourth-order valence-corrected chi connectivity index (χ4v) is 2.05. The molecule has 2 N–H and O–H groups in total. The third-order valence-electron chi connectivity index (χ3n) is 3.03. The lowest BCUT2D eigenvalue weighted by molar-refractivity contribution is -0.142. The number of nitrogens with one attached hydrogen (secondary N) is 1. The molecule has 102 valence electrons. The lowest BCUT2D eigenvalue weighted by Crippen LogP contribution is -2.41. The summed E-state index contributed by atoms with van der Waals surface area (Å²) >= 11 is 0. The summed E-state index contributed by atoms with van der Waals surface area (Å²) in [7, 11) is 1.57. The Morgan fingerprint density at radius 2 is 2.33 bits per heavy atom. The molecule has 1 aliphatic carbocycles. The summed E-state index contributed by atoms with van der Waals surface area (Å²) in [5, 5.41) is 11.6. The van der Waals surface area contributed by atoms with E-state index in [4.69, 9.17) is 9.84 Å². The fraction of sp³-hybridized carbons (Fsp3) is 0.692. The van der Waals surface area contributed by atoms with Crippen LogP contribution in [0, 0.1) is 5.92 Å². The van der Waals surface area contributed by atoms with Crippen molar-refractivity contribution in [2.45, 2.75) is 38.1 Å². The van der Waals surface area contributed by atoms with E-state index in [-0.39, 0.29) is 11.8 Å². The lowest BCUT2D eigenvalue weighted by atomic mass is 10.0. The number of carbonyl (C=O) groups excluding carboxylic acids is 1. The minimum atomic E-state index is -0.985. The Balaban J connectivity index is 2.32. The highest BCUT2D eigenvalue weighted by atomic mass is 16.5. The molecule has 0 heterocycles. The van der Waals surface area contributed by atoms with Crippen LogP contribution in [-0.2, 0) is 14.3 Å². The molecule has 0 radical (unpaired) electrons. The third kappa shape index (κ3) is 5.31. The highest BCUT2D eigenvalue weighted by Gasteiger charge is 2.21. The molecule has 2 atom stereocenters. The lowest BCUT2D eigenvalue weighted by Gasteiger charge is -2.15. The van der Waals surface area contributed by atoms with Crippen LogP contribution in [0.2, 0.25) is 0 Å². The van der Waals surface area contributed by atoms with Gasteiger partial charge in [-0.15, -0.1) is 0 Å². The van der Waals surface area contributed by atoms with Crippen LogP contribution in [0.25, 0.3) is 0 Å². The number of ether oxygens (including phenoxy) is 1. The van der Waals surface area contributed by atoms with Gasteiger partial charge in [0.15, 0.2) is 0 Å². The Morgan fingerprint density at radius 3 is 2.89 bits per heavy atom. The highest BCUT2D eigenvalue weighted by Crippen LogP contribution is 2.20. The van der Waals surface area contributed by atoms with Gasteiger partial charge >= 0.3 is 5.97 Å². The summed E-state index contributed by atoms with van der Waals surface area (Å²) < 4.78 is 4.87. The summed E-state index contributed by atoms with van der Waals surface area (Å²) in [5.74, 6) is -0.906. The van der Waals surface area contributed by atoms with Crippen molar-refractivity contribution in [1.29, 1.82) is 0 Å². The number of methoxy groups -OCH3 is 1. The molecule has 5 nitrogen and oxygen atoms in total. The Morgan fingerprint density at radius 1 is 1.56 bits per heavy atom. The summed E-state index contributed by atoms with van der Waals surface area (Å²) in [5.41, 5.74) is 0. The van der Waals surface area contributed by atoms with E-state index in [1.807, 2.05) is 6.08 Å². The van der Waals surface area contributed by atoms with E-state index in [1.165, 1.54) is 0 Å². The van der Waals surface area contributed by atoms with Crippen molar-refractivity contribution in [2.24, 2.45) is 5.92 Å². The molecule has 0 aromatic carbocycles. The van der Waals surface area contributed by atoms with Gasteiger partial charge in [0.1, 0.15) is 6.04 Å². The fourth-order valence-electron chi connectivity index (χ4n) is 2.05. The molecule has 1 rings (SSSR count). The standard InChI is InChI=1S/C13H21NO4/c1-18-8-4-7-11(13(16)17)14-12(15)9-10-5-2-3-6-10/h2,5,10-11H,3-4,6-9H2,1H3,(H,14,15)(H,16,17). The first-order valence-corrected chi connectivity index (χ1v) is 6.31. The van der Waals surface area contributed by atoms with Gasteiger partial charge in [0.2, 0.25) is 5.91 Å². The molecule has 18 heavy (non-hydrogen) atoms. The van der Waals surface area contributed by atoms with Crippen molar-refractivity contribution in [2.75, 3.05) is 13.7 Å². The molecule has 1 aliphatic rings. The Bertz CT molecular complexity index is 314. The van der Waals surface area contributed by atoms with Gasteiger partial charge in [-0.2, -0.15) is 0 Å². The molecule has 0 fully saturated rings. The van der Waals surface area contributed by atoms with E-state index < -0.39 is 12.0 Å². The second kappa shape index (κ2) is 7.87. The van der Waals surface area contributed by atoms with Gasteiger partial charge in [0.05, 0.1) is 0 Å². The molecular weight excluding hydrogens is 234 g/mol. The minimum absolute atomic E-state index is 0.184.